The van der Waals surface area contributed by atoms with Gasteiger partial charge in [-0.05, 0) is 30.9 Å². The molecular weight excluding hydrogens is 240 g/mol. The highest BCUT2D eigenvalue weighted by Crippen LogP contribution is 2.15. The molecule has 0 saturated carbocycles. The largest absolute Gasteiger partial charge is 0.343 e. The molecule has 1 aliphatic rings. The molecular formula is C15H20N2O2. The normalized spacial score (nSPS) is 19.0. The van der Waals surface area contributed by atoms with Crippen LogP contribution in [0.25, 0.3) is 0 Å². The van der Waals surface area contributed by atoms with Gasteiger partial charge in [0.2, 0.25) is 5.91 Å². The molecule has 1 aromatic carbocycles. The highest BCUT2D eigenvalue weighted by Gasteiger charge is 2.21. The summed E-state index contributed by atoms with van der Waals surface area (Å²) in [7, 11) is 0. The Kier molecular flexibility index (Phi) is 4.55. The van der Waals surface area contributed by atoms with Gasteiger partial charge in [0.15, 0.2) is 0 Å². The van der Waals surface area contributed by atoms with Crippen molar-refractivity contribution in [1.82, 2.24) is 10.2 Å². The number of hydrogen-bond acceptors (Lipinski definition) is 2. The standard InChI is InChI=1S/C15H20N2O2/c1-12-6-5-9-17(11-12)14(18)10-16-15(19)13-7-3-2-4-8-13/h2-4,7-8,12H,5-6,9-11H2,1H3,(H,16,19)/t12-/m1/s1. The molecule has 102 valence electrons. The van der Waals surface area contributed by atoms with Crippen molar-refractivity contribution in [3.8, 4) is 0 Å². The summed E-state index contributed by atoms with van der Waals surface area (Å²) in [5, 5.41) is 2.68. The fourth-order valence-corrected chi connectivity index (χ4v) is 2.38. The van der Waals surface area contributed by atoms with E-state index in [-0.39, 0.29) is 18.4 Å². The third kappa shape index (κ3) is 3.81. The number of likely N-dealkylation sites (tertiary alicyclic amines) is 1. The Morgan fingerprint density at radius 1 is 1.32 bits per heavy atom. The van der Waals surface area contributed by atoms with Crippen molar-refractivity contribution < 1.29 is 9.59 Å². The van der Waals surface area contributed by atoms with Gasteiger partial charge in [-0.3, -0.25) is 9.59 Å². The van der Waals surface area contributed by atoms with Gasteiger partial charge in [0.25, 0.3) is 5.91 Å². The van der Waals surface area contributed by atoms with Crippen molar-refractivity contribution in [1.29, 1.82) is 0 Å². The number of carbonyl (C=O) groups excluding carboxylic acids is 2. The smallest absolute Gasteiger partial charge is 0.251 e. The molecule has 0 unspecified atom stereocenters. The minimum atomic E-state index is -0.195. The topological polar surface area (TPSA) is 49.4 Å². The Hall–Kier alpha value is -1.84. The fraction of sp³-hybridized carbons (Fsp3) is 0.467. The SMILES string of the molecule is C[C@@H]1CCCN(C(=O)CNC(=O)c2ccccc2)C1. The Morgan fingerprint density at radius 3 is 2.74 bits per heavy atom. The van der Waals surface area contributed by atoms with Crippen molar-refractivity contribution >= 4 is 11.8 Å². The number of piperidine rings is 1. The first kappa shape index (κ1) is 13.6. The van der Waals surface area contributed by atoms with Crippen molar-refractivity contribution in [3.63, 3.8) is 0 Å². The fourth-order valence-electron chi connectivity index (χ4n) is 2.38. The maximum Gasteiger partial charge on any atom is 0.251 e. The molecule has 1 atom stereocenters. The summed E-state index contributed by atoms with van der Waals surface area (Å²) in [4.78, 5) is 25.7. The van der Waals surface area contributed by atoms with Crippen molar-refractivity contribution in [3.05, 3.63) is 35.9 Å². The van der Waals surface area contributed by atoms with Crippen LogP contribution in [-0.2, 0) is 4.79 Å². The van der Waals surface area contributed by atoms with Crippen molar-refractivity contribution in [2.75, 3.05) is 19.6 Å². The van der Waals surface area contributed by atoms with E-state index < -0.39 is 0 Å². The van der Waals surface area contributed by atoms with E-state index in [1.54, 1.807) is 12.1 Å². The van der Waals surface area contributed by atoms with E-state index >= 15 is 0 Å². The zero-order valence-corrected chi connectivity index (χ0v) is 11.3. The third-order valence-electron chi connectivity index (χ3n) is 3.45. The third-order valence-corrected chi connectivity index (χ3v) is 3.45. The maximum absolute atomic E-state index is 12.0. The minimum absolute atomic E-state index is 0.0100. The van der Waals surface area contributed by atoms with Gasteiger partial charge in [-0.1, -0.05) is 25.1 Å². The van der Waals surface area contributed by atoms with E-state index in [0.29, 0.717) is 11.5 Å². The average molecular weight is 260 g/mol. The molecule has 0 bridgehead atoms. The summed E-state index contributed by atoms with van der Waals surface area (Å²) in [5.41, 5.74) is 0.585. The Bertz CT molecular complexity index is 445. The summed E-state index contributed by atoms with van der Waals surface area (Å²) in [6.07, 6.45) is 2.24. The summed E-state index contributed by atoms with van der Waals surface area (Å²) in [6, 6.07) is 8.95. The maximum atomic E-state index is 12.0. The summed E-state index contributed by atoms with van der Waals surface area (Å²) in [6.45, 7) is 3.85. The van der Waals surface area contributed by atoms with Crippen LogP contribution in [0.1, 0.15) is 30.1 Å². The van der Waals surface area contributed by atoms with Crippen LogP contribution in [0, 0.1) is 5.92 Å². The molecule has 0 radical (unpaired) electrons. The molecule has 0 aliphatic carbocycles. The lowest BCUT2D eigenvalue weighted by molar-refractivity contribution is -0.131. The van der Waals surface area contributed by atoms with Crippen LogP contribution in [0.15, 0.2) is 30.3 Å². The second kappa shape index (κ2) is 6.36. The van der Waals surface area contributed by atoms with Crippen LogP contribution >= 0.6 is 0 Å². The Morgan fingerprint density at radius 2 is 2.05 bits per heavy atom. The molecule has 2 amide bonds. The number of nitrogens with zero attached hydrogens (tertiary/aromatic N) is 1. The van der Waals surface area contributed by atoms with Crippen molar-refractivity contribution in [2.45, 2.75) is 19.8 Å². The van der Waals surface area contributed by atoms with Gasteiger partial charge in [0.05, 0.1) is 6.54 Å². The highest BCUT2D eigenvalue weighted by molar-refractivity contribution is 5.96. The van der Waals surface area contributed by atoms with Gasteiger partial charge in [-0.25, -0.2) is 0 Å². The molecule has 0 aromatic heterocycles. The van der Waals surface area contributed by atoms with Crippen LogP contribution in [0.4, 0.5) is 0 Å². The zero-order valence-electron chi connectivity index (χ0n) is 11.3. The lowest BCUT2D eigenvalue weighted by Crippen LogP contribution is -2.44. The molecule has 1 aromatic rings. The lowest BCUT2D eigenvalue weighted by atomic mass is 10.0. The minimum Gasteiger partial charge on any atom is -0.343 e. The predicted molar refractivity (Wildman–Crippen MR) is 73.8 cm³/mol. The molecule has 2 rings (SSSR count). The van der Waals surface area contributed by atoms with E-state index in [9.17, 15) is 9.59 Å². The molecule has 4 heteroatoms. The van der Waals surface area contributed by atoms with Gasteiger partial charge < -0.3 is 10.2 Å². The number of amides is 2. The molecule has 1 aliphatic heterocycles. The van der Waals surface area contributed by atoms with Crippen LogP contribution in [-0.4, -0.2) is 36.3 Å². The van der Waals surface area contributed by atoms with Crippen LogP contribution in [0.3, 0.4) is 0 Å². The molecule has 19 heavy (non-hydrogen) atoms. The number of rotatable bonds is 3. The second-order valence-electron chi connectivity index (χ2n) is 5.14. The van der Waals surface area contributed by atoms with E-state index in [1.807, 2.05) is 23.1 Å². The van der Waals surface area contributed by atoms with Gasteiger partial charge in [-0.15, -0.1) is 0 Å². The van der Waals surface area contributed by atoms with Crippen LogP contribution in [0.2, 0.25) is 0 Å². The first-order chi connectivity index (χ1) is 9.16. The van der Waals surface area contributed by atoms with E-state index in [4.69, 9.17) is 0 Å². The molecule has 1 fully saturated rings. The lowest BCUT2D eigenvalue weighted by Gasteiger charge is -2.31. The summed E-state index contributed by atoms with van der Waals surface area (Å²) >= 11 is 0. The number of carbonyl (C=O) groups is 2. The van der Waals surface area contributed by atoms with E-state index in [2.05, 4.69) is 12.2 Å². The van der Waals surface area contributed by atoms with Gasteiger partial charge in [0, 0.05) is 18.7 Å². The summed E-state index contributed by atoms with van der Waals surface area (Å²) in [5.74, 6) is 0.373. The highest BCUT2D eigenvalue weighted by atomic mass is 16.2. The molecule has 0 spiro atoms. The monoisotopic (exact) mass is 260 g/mol. The van der Waals surface area contributed by atoms with Crippen LogP contribution < -0.4 is 5.32 Å². The van der Waals surface area contributed by atoms with Crippen LogP contribution in [0.5, 0.6) is 0 Å². The first-order valence-corrected chi connectivity index (χ1v) is 6.78. The van der Waals surface area contributed by atoms with Gasteiger partial charge >= 0.3 is 0 Å². The van der Waals surface area contributed by atoms with Crippen molar-refractivity contribution in [2.24, 2.45) is 5.92 Å². The number of benzene rings is 1. The van der Waals surface area contributed by atoms with Gasteiger partial charge in [-0.2, -0.15) is 0 Å². The molecule has 4 nitrogen and oxygen atoms in total. The number of nitrogens with one attached hydrogen (secondary N) is 1. The Balaban J connectivity index is 1.82. The molecule has 1 saturated heterocycles. The summed E-state index contributed by atoms with van der Waals surface area (Å²) < 4.78 is 0. The zero-order chi connectivity index (χ0) is 13.7. The molecule has 1 heterocycles. The first-order valence-electron chi connectivity index (χ1n) is 6.78. The van der Waals surface area contributed by atoms with E-state index in [0.717, 1.165) is 19.5 Å². The molecule has 1 N–H and O–H groups in total. The Labute approximate surface area is 113 Å². The van der Waals surface area contributed by atoms with Gasteiger partial charge in [0.1, 0.15) is 0 Å². The van der Waals surface area contributed by atoms with E-state index in [1.165, 1.54) is 6.42 Å². The number of hydrogen-bond donors (Lipinski definition) is 1. The average Bonchev–Trinajstić information content (AvgIpc) is 2.45. The predicted octanol–water partition coefficient (Wildman–Crippen LogP) is 1.67. The quantitative estimate of drug-likeness (QED) is 0.899. The second-order valence-corrected chi connectivity index (χ2v) is 5.14.